The first kappa shape index (κ1) is 9.61. The van der Waals surface area contributed by atoms with Gasteiger partial charge in [0.2, 0.25) is 0 Å². The van der Waals surface area contributed by atoms with E-state index in [1.807, 2.05) is 0 Å². The highest BCUT2D eigenvalue weighted by Gasteiger charge is 2.30. The molecule has 1 N–H and O–H groups in total. The zero-order valence-corrected chi connectivity index (χ0v) is 7.68. The highest BCUT2D eigenvalue weighted by Crippen LogP contribution is 2.39. The topological polar surface area (TPSA) is 20.2 Å². The van der Waals surface area contributed by atoms with Gasteiger partial charge in [0.05, 0.1) is 0 Å². The van der Waals surface area contributed by atoms with Crippen LogP contribution >= 0.6 is 0 Å². The fourth-order valence-corrected chi connectivity index (χ4v) is 2.13. The Morgan fingerprint density at radius 2 is 1.92 bits per heavy atom. The summed E-state index contributed by atoms with van der Waals surface area (Å²) in [5.41, 5.74) is 0.185. The summed E-state index contributed by atoms with van der Waals surface area (Å²) in [6.45, 7) is 0.328. The lowest BCUT2D eigenvalue weighted by atomic mass is 9.72. The van der Waals surface area contributed by atoms with Crippen molar-refractivity contribution in [3.05, 3.63) is 0 Å². The van der Waals surface area contributed by atoms with Crippen molar-refractivity contribution in [1.29, 1.82) is 0 Å². The van der Waals surface area contributed by atoms with E-state index in [9.17, 15) is 5.11 Å². The largest absolute Gasteiger partial charge is 0.396 e. The summed E-state index contributed by atoms with van der Waals surface area (Å²) in [7, 11) is 0. The molecule has 1 rings (SSSR count). The second kappa shape index (κ2) is 4.52. The molecule has 1 nitrogen and oxygen atoms in total. The molecule has 0 saturated heterocycles. The van der Waals surface area contributed by atoms with Gasteiger partial charge in [-0.05, 0) is 24.7 Å². The summed E-state index contributed by atoms with van der Waals surface area (Å²) >= 11 is 0. The lowest BCUT2D eigenvalue weighted by Crippen LogP contribution is -2.28. The highest BCUT2D eigenvalue weighted by atomic mass is 16.3. The first-order valence-corrected chi connectivity index (χ1v) is 4.87. The predicted octanol–water partition coefficient (Wildman–Crippen LogP) is 2.34. The van der Waals surface area contributed by atoms with Crippen LogP contribution in [0.15, 0.2) is 0 Å². The van der Waals surface area contributed by atoms with Gasteiger partial charge in [0, 0.05) is 13.0 Å². The van der Waals surface area contributed by atoms with Crippen molar-refractivity contribution in [3.8, 4) is 12.3 Å². The van der Waals surface area contributed by atoms with Crippen molar-refractivity contribution in [3.63, 3.8) is 0 Å². The van der Waals surface area contributed by atoms with E-state index in [1.165, 1.54) is 32.1 Å². The third-order valence-corrected chi connectivity index (χ3v) is 3.05. The molecule has 0 aromatic rings. The smallest absolute Gasteiger partial charge is 0.0487 e. The summed E-state index contributed by atoms with van der Waals surface area (Å²) in [6, 6.07) is 0. The standard InChI is InChI=1S/C11H18O/c1-2-3-7-11(10-12)8-5-4-6-9-11/h1,12H,3-10H2. The van der Waals surface area contributed by atoms with Gasteiger partial charge in [-0.15, -0.1) is 12.3 Å². The van der Waals surface area contributed by atoms with Gasteiger partial charge in [-0.1, -0.05) is 19.3 Å². The maximum Gasteiger partial charge on any atom is 0.0487 e. The average Bonchev–Trinajstić information content (AvgIpc) is 2.16. The molecule has 0 heterocycles. The monoisotopic (exact) mass is 166 g/mol. The Morgan fingerprint density at radius 1 is 1.25 bits per heavy atom. The van der Waals surface area contributed by atoms with Gasteiger partial charge in [0.25, 0.3) is 0 Å². The molecule has 0 aromatic carbocycles. The van der Waals surface area contributed by atoms with E-state index < -0.39 is 0 Å². The van der Waals surface area contributed by atoms with Gasteiger partial charge in [0.15, 0.2) is 0 Å². The van der Waals surface area contributed by atoms with Crippen molar-refractivity contribution in [2.45, 2.75) is 44.9 Å². The molecule has 1 heteroatoms. The molecule has 1 aliphatic rings. The minimum atomic E-state index is 0.185. The van der Waals surface area contributed by atoms with Gasteiger partial charge in [-0.2, -0.15) is 0 Å². The molecule has 1 aliphatic carbocycles. The highest BCUT2D eigenvalue weighted by molar-refractivity contribution is 4.90. The SMILES string of the molecule is C#CCCC1(CO)CCCCC1. The molecule has 12 heavy (non-hydrogen) atoms. The Bertz CT molecular complexity index is 160. The molecule has 0 radical (unpaired) electrons. The molecule has 0 spiro atoms. The van der Waals surface area contributed by atoms with E-state index >= 15 is 0 Å². The van der Waals surface area contributed by atoms with Crippen LogP contribution in [0, 0.1) is 17.8 Å². The Balaban J connectivity index is 2.43. The maximum absolute atomic E-state index is 9.30. The van der Waals surface area contributed by atoms with Crippen LogP contribution in [0.5, 0.6) is 0 Å². The summed E-state index contributed by atoms with van der Waals surface area (Å²) in [6.07, 6.45) is 13.3. The minimum Gasteiger partial charge on any atom is -0.396 e. The lowest BCUT2D eigenvalue weighted by Gasteiger charge is -2.35. The van der Waals surface area contributed by atoms with Crippen LogP contribution in [0.2, 0.25) is 0 Å². The summed E-state index contributed by atoms with van der Waals surface area (Å²) < 4.78 is 0. The van der Waals surface area contributed by atoms with Crippen LogP contribution in [0.1, 0.15) is 44.9 Å². The third kappa shape index (κ3) is 2.25. The molecule has 1 fully saturated rings. The van der Waals surface area contributed by atoms with Gasteiger partial charge in [-0.25, -0.2) is 0 Å². The van der Waals surface area contributed by atoms with Gasteiger partial charge < -0.3 is 5.11 Å². The second-order valence-electron chi connectivity index (χ2n) is 3.92. The molecular weight excluding hydrogens is 148 g/mol. The van der Waals surface area contributed by atoms with E-state index in [0.29, 0.717) is 6.61 Å². The Labute approximate surface area is 75.2 Å². The zero-order valence-electron chi connectivity index (χ0n) is 7.68. The van der Waals surface area contributed by atoms with Crippen LogP contribution < -0.4 is 0 Å². The molecule has 0 unspecified atom stereocenters. The van der Waals surface area contributed by atoms with Crippen molar-refractivity contribution >= 4 is 0 Å². The molecule has 1 saturated carbocycles. The van der Waals surface area contributed by atoms with Crippen molar-refractivity contribution in [2.24, 2.45) is 5.41 Å². The first-order valence-electron chi connectivity index (χ1n) is 4.87. The molecule has 68 valence electrons. The number of hydrogen-bond acceptors (Lipinski definition) is 1. The van der Waals surface area contributed by atoms with Crippen molar-refractivity contribution in [1.82, 2.24) is 0 Å². The van der Waals surface area contributed by atoms with E-state index in [-0.39, 0.29) is 5.41 Å². The normalized spacial score (nSPS) is 21.7. The maximum atomic E-state index is 9.30. The third-order valence-electron chi connectivity index (χ3n) is 3.05. The molecule has 0 atom stereocenters. The van der Waals surface area contributed by atoms with E-state index in [0.717, 1.165) is 12.8 Å². The summed E-state index contributed by atoms with van der Waals surface area (Å²) in [4.78, 5) is 0. The van der Waals surface area contributed by atoms with Crippen LogP contribution in [-0.2, 0) is 0 Å². The van der Waals surface area contributed by atoms with Gasteiger partial charge >= 0.3 is 0 Å². The fraction of sp³-hybridized carbons (Fsp3) is 0.818. The summed E-state index contributed by atoms with van der Waals surface area (Å²) in [5, 5.41) is 9.30. The average molecular weight is 166 g/mol. The zero-order chi connectivity index (χ0) is 8.86. The summed E-state index contributed by atoms with van der Waals surface area (Å²) in [5.74, 6) is 2.66. The molecule has 0 amide bonds. The number of rotatable bonds is 3. The van der Waals surface area contributed by atoms with E-state index in [4.69, 9.17) is 6.42 Å². The number of terminal acetylenes is 1. The van der Waals surface area contributed by atoms with Crippen molar-refractivity contribution < 1.29 is 5.11 Å². The van der Waals surface area contributed by atoms with Crippen LogP contribution in [-0.4, -0.2) is 11.7 Å². The molecule has 0 aliphatic heterocycles. The fourth-order valence-electron chi connectivity index (χ4n) is 2.13. The van der Waals surface area contributed by atoms with Crippen LogP contribution in [0.25, 0.3) is 0 Å². The lowest BCUT2D eigenvalue weighted by molar-refractivity contribution is 0.0750. The van der Waals surface area contributed by atoms with Crippen LogP contribution in [0.3, 0.4) is 0 Å². The van der Waals surface area contributed by atoms with Gasteiger partial charge in [0.1, 0.15) is 0 Å². The molecule has 0 aromatic heterocycles. The van der Waals surface area contributed by atoms with Crippen molar-refractivity contribution in [2.75, 3.05) is 6.61 Å². The second-order valence-corrected chi connectivity index (χ2v) is 3.92. The Hall–Kier alpha value is -0.480. The van der Waals surface area contributed by atoms with Gasteiger partial charge in [-0.3, -0.25) is 0 Å². The molecular formula is C11H18O. The van der Waals surface area contributed by atoms with E-state index in [2.05, 4.69) is 5.92 Å². The predicted molar refractivity (Wildman–Crippen MR) is 50.7 cm³/mol. The van der Waals surface area contributed by atoms with Crippen LogP contribution in [0.4, 0.5) is 0 Å². The first-order chi connectivity index (χ1) is 5.83. The quantitative estimate of drug-likeness (QED) is 0.638. The number of hydrogen-bond donors (Lipinski definition) is 1. The minimum absolute atomic E-state index is 0.185. The van der Waals surface area contributed by atoms with E-state index in [1.54, 1.807) is 0 Å². The number of aliphatic hydroxyl groups excluding tert-OH is 1. The molecule has 0 bridgehead atoms. The Morgan fingerprint density at radius 3 is 2.42 bits per heavy atom. The number of aliphatic hydroxyl groups is 1. The Kier molecular flexibility index (Phi) is 3.62.